The van der Waals surface area contributed by atoms with Crippen LogP contribution in [0.1, 0.15) is 19.3 Å². The van der Waals surface area contributed by atoms with Gasteiger partial charge in [0.1, 0.15) is 12.1 Å². The van der Waals surface area contributed by atoms with E-state index in [-0.39, 0.29) is 12.3 Å². The number of amides is 2. The third kappa shape index (κ3) is 3.48. The van der Waals surface area contributed by atoms with Crippen LogP contribution in [0, 0.1) is 12.3 Å². The smallest absolute Gasteiger partial charge is 0.329 e. The third-order valence-electron chi connectivity index (χ3n) is 2.44. The average Bonchev–Trinajstić information content (AvgIpc) is 2.74. The Hall–Kier alpha value is -2.03. The van der Waals surface area contributed by atoms with E-state index in [1.165, 1.54) is 7.11 Å². The first kappa shape index (κ1) is 13.0. The fourth-order valence-corrected chi connectivity index (χ4v) is 1.54. The highest BCUT2D eigenvalue weighted by molar-refractivity contribution is 5.93. The van der Waals surface area contributed by atoms with Crippen LogP contribution < -0.4 is 10.6 Å². The largest absolute Gasteiger partial charge is 0.467 e. The van der Waals surface area contributed by atoms with Crippen molar-refractivity contribution in [2.45, 2.75) is 31.3 Å². The number of rotatable bonds is 4. The molecule has 0 unspecified atom stereocenters. The fourth-order valence-electron chi connectivity index (χ4n) is 1.54. The van der Waals surface area contributed by atoms with Crippen molar-refractivity contribution in [3.05, 3.63) is 0 Å². The minimum absolute atomic E-state index is 0.0546. The van der Waals surface area contributed by atoms with E-state index < -0.39 is 24.0 Å². The van der Waals surface area contributed by atoms with Crippen molar-refractivity contribution in [1.82, 2.24) is 10.6 Å². The molecule has 1 saturated heterocycles. The van der Waals surface area contributed by atoms with Crippen LogP contribution in [-0.2, 0) is 19.1 Å². The van der Waals surface area contributed by atoms with Crippen molar-refractivity contribution in [1.29, 1.82) is 0 Å². The zero-order valence-electron chi connectivity index (χ0n) is 9.49. The molecule has 2 N–H and O–H groups in total. The van der Waals surface area contributed by atoms with Crippen molar-refractivity contribution in [2.75, 3.05) is 7.11 Å². The van der Waals surface area contributed by atoms with Gasteiger partial charge in [-0.1, -0.05) is 0 Å². The molecular formula is C11H14N2O4. The van der Waals surface area contributed by atoms with Crippen LogP contribution >= 0.6 is 0 Å². The summed E-state index contributed by atoms with van der Waals surface area (Å²) in [6.45, 7) is 0. The molecule has 0 bridgehead atoms. The quantitative estimate of drug-likeness (QED) is 0.483. The van der Waals surface area contributed by atoms with E-state index in [1.807, 2.05) is 0 Å². The summed E-state index contributed by atoms with van der Waals surface area (Å²) < 4.78 is 4.51. The van der Waals surface area contributed by atoms with Gasteiger partial charge in [-0.15, -0.1) is 12.3 Å². The van der Waals surface area contributed by atoms with Gasteiger partial charge < -0.3 is 15.4 Å². The van der Waals surface area contributed by atoms with E-state index in [0.717, 1.165) is 0 Å². The number of terminal acetylenes is 1. The van der Waals surface area contributed by atoms with Crippen LogP contribution in [0.5, 0.6) is 0 Å². The number of hydrogen-bond donors (Lipinski definition) is 2. The van der Waals surface area contributed by atoms with Gasteiger partial charge >= 0.3 is 5.97 Å². The SMILES string of the molecule is C#CC[C@@H](NC(=O)[C@@H]1CCC(=O)N1)C(=O)OC. The summed E-state index contributed by atoms with van der Waals surface area (Å²) in [6.07, 6.45) is 5.89. The molecule has 1 aliphatic rings. The van der Waals surface area contributed by atoms with Gasteiger partial charge in [-0.2, -0.15) is 0 Å². The molecule has 1 aliphatic heterocycles. The summed E-state index contributed by atoms with van der Waals surface area (Å²) >= 11 is 0. The predicted octanol–water partition coefficient (Wildman–Crippen LogP) is -1.05. The highest BCUT2D eigenvalue weighted by atomic mass is 16.5. The lowest BCUT2D eigenvalue weighted by molar-refractivity contribution is -0.145. The van der Waals surface area contributed by atoms with E-state index in [1.54, 1.807) is 0 Å². The Morgan fingerprint density at radius 1 is 1.71 bits per heavy atom. The summed E-state index contributed by atoms with van der Waals surface area (Å²) in [5, 5.41) is 4.96. The van der Waals surface area contributed by atoms with Gasteiger partial charge in [-0.3, -0.25) is 9.59 Å². The van der Waals surface area contributed by atoms with Gasteiger partial charge in [-0.25, -0.2) is 4.79 Å². The number of hydrogen-bond acceptors (Lipinski definition) is 4. The normalized spacial score (nSPS) is 20.0. The van der Waals surface area contributed by atoms with Crippen molar-refractivity contribution in [3.63, 3.8) is 0 Å². The van der Waals surface area contributed by atoms with E-state index >= 15 is 0 Å². The lowest BCUT2D eigenvalue weighted by atomic mass is 10.1. The van der Waals surface area contributed by atoms with Crippen LogP contribution in [0.15, 0.2) is 0 Å². The van der Waals surface area contributed by atoms with E-state index in [0.29, 0.717) is 12.8 Å². The number of ether oxygens (including phenoxy) is 1. The Bertz CT molecular complexity index is 372. The molecule has 17 heavy (non-hydrogen) atoms. The molecule has 1 rings (SSSR count). The first-order valence-electron chi connectivity index (χ1n) is 5.19. The van der Waals surface area contributed by atoms with Crippen molar-refractivity contribution < 1.29 is 19.1 Å². The van der Waals surface area contributed by atoms with E-state index in [2.05, 4.69) is 21.3 Å². The highest BCUT2D eigenvalue weighted by Crippen LogP contribution is 2.07. The van der Waals surface area contributed by atoms with Crippen LogP contribution in [0.3, 0.4) is 0 Å². The fraction of sp³-hybridized carbons (Fsp3) is 0.545. The van der Waals surface area contributed by atoms with Crippen LogP contribution in [-0.4, -0.2) is 37.0 Å². The zero-order chi connectivity index (χ0) is 12.8. The summed E-state index contributed by atoms with van der Waals surface area (Å²) in [4.78, 5) is 33.9. The van der Waals surface area contributed by atoms with Crippen molar-refractivity contribution in [3.8, 4) is 12.3 Å². The standard InChI is InChI=1S/C11H14N2O4/c1-3-4-8(11(16)17-2)13-10(15)7-5-6-9(14)12-7/h1,7-8H,4-6H2,2H3,(H,12,14)(H,13,15)/t7-,8+/m0/s1. The lowest BCUT2D eigenvalue weighted by Gasteiger charge is -2.16. The lowest BCUT2D eigenvalue weighted by Crippen LogP contribution is -2.48. The maximum Gasteiger partial charge on any atom is 0.329 e. The highest BCUT2D eigenvalue weighted by Gasteiger charge is 2.30. The molecule has 0 aromatic heterocycles. The van der Waals surface area contributed by atoms with Gasteiger partial charge in [0.25, 0.3) is 0 Å². The first-order valence-corrected chi connectivity index (χ1v) is 5.19. The topological polar surface area (TPSA) is 84.5 Å². The number of esters is 1. The Morgan fingerprint density at radius 3 is 2.88 bits per heavy atom. The summed E-state index contributed by atoms with van der Waals surface area (Å²) in [5.74, 6) is 1.10. The first-order chi connectivity index (χ1) is 8.08. The molecule has 0 spiro atoms. The van der Waals surface area contributed by atoms with Crippen LogP contribution in [0.25, 0.3) is 0 Å². The number of nitrogens with one attached hydrogen (secondary N) is 2. The Kier molecular flexibility index (Phi) is 4.52. The van der Waals surface area contributed by atoms with Crippen LogP contribution in [0.2, 0.25) is 0 Å². The van der Waals surface area contributed by atoms with Gasteiger partial charge in [0, 0.05) is 12.8 Å². The molecule has 1 heterocycles. The minimum Gasteiger partial charge on any atom is -0.467 e. The molecule has 1 fully saturated rings. The molecule has 2 amide bonds. The van der Waals surface area contributed by atoms with Gasteiger partial charge in [-0.05, 0) is 6.42 Å². The second kappa shape index (κ2) is 5.89. The number of methoxy groups -OCH3 is 1. The van der Waals surface area contributed by atoms with Gasteiger partial charge in [0.05, 0.1) is 7.11 Å². The molecule has 6 nitrogen and oxygen atoms in total. The van der Waals surface area contributed by atoms with E-state index in [4.69, 9.17) is 6.42 Å². The predicted molar refractivity (Wildman–Crippen MR) is 58.6 cm³/mol. The minimum atomic E-state index is -0.866. The maximum absolute atomic E-state index is 11.7. The second-order valence-electron chi connectivity index (χ2n) is 3.65. The van der Waals surface area contributed by atoms with E-state index in [9.17, 15) is 14.4 Å². The monoisotopic (exact) mass is 238 g/mol. The molecule has 0 aliphatic carbocycles. The van der Waals surface area contributed by atoms with Gasteiger partial charge in [0.2, 0.25) is 11.8 Å². The summed E-state index contributed by atoms with van der Waals surface area (Å²) in [6, 6.07) is -1.46. The number of carbonyl (C=O) groups is 3. The zero-order valence-corrected chi connectivity index (χ0v) is 9.49. The van der Waals surface area contributed by atoms with Crippen molar-refractivity contribution in [2.24, 2.45) is 0 Å². The third-order valence-corrected chi connectivity index (χ3v) is 2.44. The Morgan fingerprint density at radius 2 is 2.41 bits per heavy atom. The molecule has 0 saturated carbocycles. The summed E-state index contributed by atoms with van der Waals surface area (Å²) in [5.41, 5.74) is 0. The molecule has 6 heteroatoms. The molecule has 0 aromatic rings. The number of carbonyl (C=O) groups excluding carboxylic acids is 3. The Labute approximate surface area is 99.1 Å². The molecule has 2 atom stereocenters. The second-order valence-corrected chi connectivity index (χ2v) is 3.65. The van der Waals surface area contributed by atoms with Crippen LogP contribution in [0.4, 0.5) is 0 Å². The van der Waals surface area contributed by atoms with Gasteiger partial charge in [0.15, 0.2) is 0 Å². The molecule has 92 valence electrons. The molecule has 0 aromatic carbocycles. The molecule has 0 radical (unpaired) electrons. The molecular weight excluding hydrogens is 224 g/mol. The average molecular weight is 238 g/mol. The summed E-state index contributed by atoms with van der Waals surface area (Å²) in [7, 11) is 1.22. The maximum atomic E-state index is 11.7. The Balaban J connectivity index is 2.55. The van der Waals surface area contributed by atoms with Crippen molar-refractivity contribution >= 4 is 17.8 Å².